The first-order valence-corrected chi connectivity index (χ1v) is 9.27. The molecule has 0 saturated carbocycles. The third-order valence-corrected chi connectivity index (χ3v) is 5.23. The van der Waals surface area contributed by atoms with Crippen LogP contribution in [0.15, 0.2) is 42.5 Å². The van der Waals surface area contributed by atoms with E-state index in [1.165, 1.54) is 12.1 Å². The number of halogens is 1. The Morgan fingerprint density at radius 3 is 2.59 bits per heavy atom. The zero-order valence-corrected chi connectivity index (χ0v) is 15.0. The van der Waals surface area contributed by atoms with E-state index in [-0.39, 0.29) is 18.2 Å². The summed E-state index contributed by atoms with van der Waals surface area (Å²) in [4.78, 5) is 11.4. The molecule has 1 aromatic heterocycles. The Morgan fingerprint density at radius 1 is 1.07 bits per heavy atom. The van der Waals surface area contributed by atoms with Crippen molar-refractivity contribution in [2.75, 3.05) is 24.6 Å². The third-order valence-electron chi connectivity index (χ3n) is 5.23. The van der Waals surface area contributed by atoms with Crippen molar-refractivity contribution in [3.63, 3.8) is 0 Å². The van der Waals surface area contributed by atoms with E-state index in [9.17, 15) is 9.50 Å². The minimum Gasteiger partial charge on any atom is -0.507 e. The number of phenols is 1. The van der Waals surface area contributed by atoms with Gasteiger partial charge in [-0.25, -0.2) is 14.4 Å². The minimum atomic E-state index is -0.321. The summed E-state index contributed by atoms with van der Waals surface area (Å²) in [5.41, 5.74) is 1.21. The van der Waals surface area contributed by atoms with E-state index in [1.807, 2.05) is 6.07 Å². The van der Waals surface area contributed by atoms with Gasteiger partial charge in [0.25, 0.3) is 0 Å². The van der Waals surface area contributed by atoms with Crippen molar-refractivity contribution in [3.8, 4) is 17.1 Å². The summed E-state index contributed by atoms with van der Waals surface area (Å²) in [7, 11) is 0. The van der Waals surface area contributed by atoms with Gasteiger partial charge in [0.1, 0.15) is 17.4 Å². The van der Waals surface area contributed by atoms with E-state index in [0.29, 0.717) is 34.0 Å². The smallest absolute Gasteiger partial charge is 0.165 e. The lowest BCUT2D eigenvalue weighted by atomic mass is 9.94. The first kappa shape index (κ1) is 17.7. The van der Waals surface area contributed by atoms with Gasteiger partial charge < -0.3 is 15.1 Å². The molecule has 1 fully saturated rings. The van der Waals surface area contributed by atoms with Crippen LogP contribution in [0.25, 0.3) is 22.3 Å². The summed E-state index contributed by atoms with van der Waals surface area (Å²) in [6, 6.07) is 11.5. The molecule has 0 unspecified atom stereocenters. The Kier molecular flexibility index (Phi) is 4.90. The summed E-state index contributed by atoms with van der Waals surface area (Å²) in [5, 5.41) is 20.0. The van der Waals surface area contributed by atoms with Crippen LogP contribution in [0.4, 0.5) is 10.2 Å². The highest BCUT2D eigenvalue weighted by molar-refractivity contribution is 5.91. The number of nitrogens with zero attached hydrogens (tertiary/aromatic N) is 3. The number of anilines is 1. The number of aromatic hydroxyl groups is 1. The molecule has 0 spiro atoms. The SMILES string of the molecule is OCCC1CCN(c2nc(-c3ccccc3O)nc3ccc(F)cc23)CC1. The molecule has 1 aliphatic heterocycles. The lowest BCUT2D eigenvalue weighted by Crippen LogP contribution is -2.34. The van der Waals surface area contributed by atoms with Crippen LogP contribution < -0.4 is 4.90 Å². The van der Waals surface area contributed by atoms with E-state index in [1.54, 1.807) is 24.3 Å². The molecular weight excluding hydrogens is 345 g/mol. The maximum atomic E-state index is 13.9. The molecule has 0 bridgehead atoms. The Hall–Kier alpha value is -2.73. The molecule has 3 aromatic rings. The highest BCUT2D eigenvalue weighted by Gasteiger charge is 2.23. The molecule has 0 aliphatic carbocycles. The quantitative estimate of drug-likeness (QED) is 0.735. The normalized spacial score (nSPS) is 15.4. The Labute approximate surface area is 157 Å². The van der Waals surface area contributed by atoms with Gasteiger partial charge in [0, 0.05) is 25.1 Å². The van der Waals surface area contributed by atoms with Crippen LogP contribution in [0.5, 0.6) is 5.75 Å². The molecule has 5 nitrogen and oxygen atoms in total. The van der Waals surface area contributed by atoms with E-state index in [2.05, 4.69) is 9.88 Å². The molecule has 0 atom stereocenters. The van der Waals surface area contributed by atoms with Gasteiger partial charge in [-0.1, -0.05) is 12.1 Å². The highest BCUT2D eigenvalue weighted by atomic mass is 19.1. The van der Waals surface area contributed by atoms with Gasteiger partial charge in [-0.3, -0.25) is 0 Å². The molecule has 2 N–H and O–H groups in total. The van der Waals surface area contributed by atoms with E-state index >= 15 is 0 Å². The average Bonchev–Trinajstić information content (AvgIpc) is 2.68. The number of phenolic OH excluding ortho intramolecular Hbond substituents is 1. The van der Waals surface area contributed by atoms with Crippen molar-refractivity contribution in [3.05, 3.63) is 48.3 Å². The topological polar surface area (TPSA) is 69.5 Å². The second kappa shape index (κ2) is 7.48. The predicted molar refractivity (Wildman–Crippen MR) is 103 cm³/mol. The number of aliphatic hydroxyl groups excluding tert-OH is 1. The predicted octanol–water partition coefficient (Wildman–Crippen LogP) is 3.74. The summed E-state index contributed by atoms with van der Waals surface area (Å²) >= 11 is 0. The second-order valence-corrected chi connectivity index (χ2v) is 6.99. The number of aliphatic hydroxyl groups is 1. The fourth-order valence-electron chi connectivity index (χ4n) is 3.72. The molecule has 2 heterocycles. The lowest BCUT2D eigenvalue weighted by molar-refractivity contribution is 0.240. The third kappa shape index (κ3) is 3.57. The van der Waals surface area contributed by atoms with Crippen LogP contribution in [0.1, 0.15) is 19.3 Å². The van der Waals surface area contributed by atoms with Crippen LogP contribution in [0.2, 0.25) is 0 Å². The Bertz CT molecular complexity index is 955. The summed E-state index contributed by atoms with van der Waals surface area (Å²) < 4.78 is 13.9. The molecule has 6 heteroatoms. The number of hydrogen-bond donors (Lipinski definition) is 2. The molecule has 27 heavy (non-hydrogen) atoms. The number of hydrogen-bond acceptors (Lipinski definition) is 5. The number of rotatable bonds is 4. The first-order valence-electron chi connectivity index (χ1n) is 9.27. The van der Waals surface area contributed by atoms with Gasteiger partial charge in [-0.15, -0.1) is 0 Å². The monoisotopic (exact) mass is 367 g/mol. The lowest BCUT2D eigenvalue weighted by Gasteiger charge is -2.33. The van der Waals surface area contributed by atoms with E-state index < -0.39 is 0 Å². The standard InChI is InChI=1S/C21H22FN3O2/c22-15-5-6-18-17(13-15)21(25-10-7-14(8-11-25)9-12-26)24-20(23-18)16-3-1-2-4-19(16)27/h1-6,13-14,26-27H,7-12H2. The number of piperidine rings is 1. The van der Waals surface area contributed by atoms with Crippen molar-refractivity contribution >= 4 is 16.7 Å². The van der Waals surface area contributed by atoms with Gasteiger partial charge in [-0.05, 0) is 55.5 Å². The largest absolute Gasteiger partial charge is 0.507 e. The van der Waals surface area contributed by atoms with Crippen LogP contribution >= 0.6 is 0 Å². The molecular formula is C21H22FN3O2. The number of fused-ring (bicyclic) bond motifs is 1. The number of para-hydroxylation sites is 1. The Morgan fingerprint density at radius 2 is 1.85 bits per heavy atom. The molecule has 140 valence electrons. The van der Waals surface area contributed by atoms with Crippen molar-refractivity contribution < 1.29 is 14.6 Å². The van der Waals surface area contributed by atoms with Gasteiger partial charge >= 0.3 is 0 Å². The van der Waals surface area contributed by atoms with E-state index in [0.717, 1.165) is 32.4 Å². The Balaban J connectivity index is 1.78. The molecule has 1 aliphatic rings. The summed E-state index contributed by atoms with van der Waals surface area (Å²) in [6.45, 7) is 1.81. The molecule has 2 aromatic carbocycles. The molecule has 1 saturated heterocycles. The van der Waals surface area contributed by atoms with Crippen molar-refractivity contribution in [2.45, 2.75) is 19.3 Å². The molecule has 0 amide bonds. The second-order valence-electron chi connectivity index (χ2n) is 6.99. The van der Waals surface area contributed by atoms with Gasteiger partial charge in [-0.2, -0.15) is 0 Å². The van der Waals surface area contributed by atoms with Crippen molar-refractivity contribution in [1.29, 1.82) is 0 Å². The maximum absolute atomic E-state index is 13.9. The van der Waals surface area contributed by atoms with Crippen LogP contribution in [-0.4, -0.2) is 39.9 Å². The van der Waals surface area contributed by atoms with Crippen LogP contribution in [0, 0.1) is 11.7 Å². The maximum Gasteiger partial charge on any atom is 0.165 e. The summed E-state index contributed by atoms with van der Waals surface area (Å²) in [5.74, 6) is 1.43. The molecule has 0 radical (unpaired) electrons. The highest BCUT2D eigenvalue weighted by Crippen LogP contribution is 2.33. The number of aromatic nitrogens is 2. The van der Waals surface area contributed by atoms with E-state index in [4.69, 9.17) is 10.1 Å². The average molecular weight is 367 g/mol. The fourth-order valence-corrected chi connectivity index (χ4v) is 3.72. The number of benzene rings is 2. The zero-order chi connectivity index (χ0) is 18.8. The minimum absolute atomic E-state index is 0.117. The summed E-state index contributed by atoms with van der Waals surface area (Å²) in [6.07, 6.45) is 2.75. The van der Waals surface area contributed by atoms with Crippen LogP contribution in [-0.2, 0) is 0 Å². The van der Waals surface area contributed by atoms with Gasteiger partial charge in [0.2, 0.25) is 0 Å². The first-order chi connectivity index (χ1) is 13.2. The fraction of sp³-hybridized carbons (Fsp3) is 0.333. The van der Waals surface area contributed by atoms with Gasteiger partial charge in [0.05, 0.1) is 11.1 Å². The zero-order valence-electron chi connectivity index (χ0n) is 15.0. The van der Waals surface area contributed by atoms with Crippen molar-refractivity contribution in [1.82, 2.24) is 9.97 Å². The van der Waals surface area contributed by atoms with Crippen LogP contribution in [0.3, 0.4) is 0 Å². The van der Waals surface area contributed by atoms with Crippen molar-refractivity contribution in [2.24, 2.45) is 5.92 Å². The van der Waals surface area contributed by atoms with Gasteiger partial charge in [0.15, 0.2) is 5.82 Å². The molecule has 4 rings (SSSR count).